The molecule has 6 rings (SSSR count). The normalized spacial score (nSPS) is 13.7. The van der Waals surface area contributed by atoms with Crippen molar-refractivity contribution in [1.82, 2.24) is 35.4 Å². The SMILES string of the molecule is C#C.C/C=C(/c1cc(F)cc(CCCN(C)C)c1)c1cc(-c2[nH]nc3ncc(-c4cncc(CNCC5CCCC5)c4)cc23)[nH]c1C. The Morgan fingerprint density at radius 2 is 1.81 bits per heavy atom. The molecule has 1 aromatic carbocycles. The smallest absolute Gasteiger partial charge is 0.181 e. The lowest BCUT2D eigenvalue weighted by molar-refractivity contribution is 0.400. The molecule has 0 aliphatic heterocycles. The number of pyridine rings is 2. The van der Waals surface area contributed by atoms with Gasteiger partial charge in [-0.2, -0.15) is 5.10 Å². The number of nitrogens with zero attached hydrogens (tertiary/aromatic N) is 4. The number of aryl methyl sites for hydroxylation is 2. The van der Waals surface area contributed by atoms with Gasteiger partial charge in [-0.05, 0) is 125 Å². The Hall–Kier alpha value is -4.58. The lowest BCUT2D eigenvalue weighted by Crippen LogP contribution is -2.20. The highest BCUT2D eigenvalue weighted by molar-refractivity contribution is 5.94. The molecule has 1 saturated carbocycles. The molecule has 1 fully saturated rings. The van der Waals surface area contributed by atoms with Crippen LogP contribution >= 0.6 is 0 Å². The van der Waals surface area contributed by atoms with Gasteiger partial charge in [-0.3, -0.25) is 10.1 Å². The Kier molecular flexibility index (Phi) is 11.4. The van der Waals surface area contributed by atoms with Gasteiger partial charge in [0.2, 0.25) is 0 Å². The van der Waals surface area contributed by atoms with E-state index >= 15 is 0 Å². The van der Waals surface area contributed by atoms with E-state index in [1.54, 1.807) is 12.1 Å². The highest BCUT2D eigenvalue weighted by atomic mass is 19.1. The van der Waals surface area contributed by atoms with E-state index < -0.39 is 0 Å². The van der Waals surface area contributed by atoms with Crippen molar-refractivity contribution in [2.45, 2.75) is 58.9 Å². The maximum atomic E-state index is 14.8. The molecule has 0 saturated heterocycles. The number of aromatic nitrogens is 5. The zero-order valence-electron chi connectivity index (χ0n) is 28.0. The van der Waals surface area contributed by atoms with E-state index in [-0.39, 0.29) is 5.82 Å². The molecule has 4 aromatic heterocycles. The quantitative estimate of drug-likeness (QED) is 0.122. The van der Waals surface area contributed by atoms with E-state index in [2.05, 4.69) is 99.6 Å². The third-order valence-electron chi connectivity index (χ3n) is 8.98. The Morgan fingerprint density at radius 3 is 2.57 bits per heavy atom. The Labute approximate surface area is 278 Å². The summed E-state index contributed by atoms with van der Waals surface area (Å²) in [5.74, 6) is 0.596. The number of H-pyrrole nitrogens is 2. The molecule has 244 valence electrons. The van der Waals surface area contributed by atoms with Gasteiger partial charge in [0.15, 0.2) is 5.65 Å². The molecule has 3 N–H and O–H groups in total. The number of rotatable bonds is 12. The highest BCUT2D eigenvalue weighted by Gasteiger charge is 2.18. The molecule has 7 nitrogen and oxygen atoms in total. The van der Waals surface area contributed by atoms with Crippen molar-refractivity contribution >= 4 is 16.6 Å². The van der Waals surface area contributed by atoms with Crippen LogP contribution in [0.1, 0.15) is 67.0 Å². The van der Waals surface area contributed by atoms with Gasteiger partial charge in [0.1, 0.15) is 5.82 Å². The van der Waals surface area contributed by atoms with E-state index in [4.69, 9.17) is 0 Å². The average Bonchev–Trinajstić information content (AvgIpc) is 3.83. The summed E-state index contributed by atoms with van der Waals surface area (Å²) in [6.07, 6.45) is 23.0. The third kappa shape index (κ3) is 8.23. The number of aromatic amines is 2. The fourth-order valence-electron chi connectivity index (χ4n) is 6.64. The first-order valence-electron chi connectivity index (χ1n) is 16.5. The van der Waals surface area contributed by atoms with Crippen molar-refractivity contribution in [3.63, 3.8) is 0 Å². The third-order valence-corrected chi connectivity index (χ3v) is 8.98. The van der Waals surface area contributed by atoms with Crippen molar-refractivity contribution in [3.8, 4) is 35.4 Å². The lowest BCUT2D eigenvalue weighted by Gasteiger charge is -2.12. The summed E-state index contributed by atoms with van der Waals surface area (Å²) in [6, 6.07) is 11.9. The van der Waals surface area contributed by atoms with Gasteiger partial charge in [-0.25, -0.2) is 9.37 Å². The first-order valence-corrected chi connectivity index (χ1v) is 16.5. The first-order chi connectivity index (χ1) is 22.9. The molecule has 0 unspecified atom stereocenters. The first kappa shape index (κ1) is 33.8. The largest absolute Gasteiger partial charge is 0.357 e. The molecular weight excluding hydrogens is 585 g/mol. The maximum absolute atomic E-state index is 14.8. The fourth-order valence-corrected chi connectivity index (χ4v) is 6.64. The van der Waals surface area contributed by atoms with Crippen LogP contribution in [0.3, 0.4) is 0 Å². The monoisotopic (exact) mass is 631 g/mol. The maximum Gasteiger partial charge on any atom is 0.181 e. The van der Waals surface area contributed by atoms with Crippen molar-refractivity contribution < 1.29 is 4.39 Å². The van der Waals surface area contributed by atoms with Crippen LogP contribution in [-0.2, 0) is 13.0 Å². The molecule has 4 heterocycles. The fraction of sp³-hybridized carbons (Fsp3) is 0.359. The molecule has 47 heavy (non-hydrogen) atoms. The van der Waals surface area contributed by atoms with Gasteiger partial charge in [-0.15, -0.1) is 12.8 Å². The minimum absolute atomic E-state index is 0.207. The summed E-state index contributed by atoms with van der Waals surface area (Å²) in [6.45, 7) is 6.91. The van der Waals surface area contributed by atoms with Gasteiger partial charge >= 0.3 is 0 Å². The van der Waals surface area contributed by atoms with Crippen LogP contribution in [0.5, 0.6) is 0 Å². The average molecular weight is 632 g/mol. The molecule has 8 heteroatoms. The van der Waals surface area contributed by atoms with Crippen molar-refractivity contribution in [2.75, 3.05) is 27.2 Å². The number of halogens is 1. The van der Waals surface area contributed by atoms with E-state index in [0.717, 1.165) is 94.3 Å². The van der Waals surface area contributed by atoms with Crippen molar-refractivity contribution in [3.05, 3.63) is 94.8 Å². The second-order valence-electron chi connectivity index (χ2n) is 12.7. The van der Waals surface area contributed by atoms with Crippen LogP contribution < -0.4 is 5.32 Å². The summed E-state index contributed by atoms with van der Waals surface area (Å²) in [5, 5.41) is 12.3. The second-order valence-corrected chi connectivity index (χ2v) is 12.7. The zero-order valence-corrected chi connectivity index (χ0v) is 28.0. The molecule has 0 radical (unpaired) electrons. The number of terminal acetylenes is 1. The summed E-state index contributed by atoms with van der Waals surface area (Å²) >= 11 is 0. The highest BCUT2D eigenvalue weighted by Crippen LogP contribution is 2.34. The minimum atomic E-state index is -0.207. The van der Waals surface area contributed by atoms with Gasteiger partial charge in [0.05, 0.1) is 11.4 Å². The predicted molar refractivity (Wildman–Crippen MR) is 191 cm³/mol. The summed E-state index contributed by atoms with van der Waals surface area (Å²) < 4.78 is 14.8. The molecule has 1 aliphatic carbocycles. The predicted octanol–water partition coefficient (Wildman–Crippen LogP) is 7.94. The summed E-state index contributed by atoms with van der Waals surface area (Å²) in [4.78, 5) is 14.9. The molecule has 0 amide bonds. The van der Waals surface area contributed by atoms with Gasteiger partial charge < -0.3 is 15.2 Å². The number of hydrogen-bond acceptors (Lipinski definition) is 5. The van der Waals surface area contributed by atoms with E-state index in [1.165, 1.54) is 31.2 Å². The van der Waals surface area contributed by atoms with Crippen LogP contribution in [0.25, 0.3) is 39.1 Å². The topological polar surface area (TPSA) is 85.5 Å². The van der Waals surface area contributed by atoms with Gasteiger partial charge in [-0.1, -0.05) is 25.0 Å². The molecule has 0 atom stereocenters. The minimum Gasteiger partial charge on any atom is -0.357 e. The lowest BCUT2D eigenvalue weighted by atomic mass is 9.95. The van der Waals surface area contributed by atoms with Gasteiger partial charge in [0, 0.05) is 52.9 Å². The van der Waals surface area contributed by atoms with Crippen molar-refractivity contribution in [2.24, 2.45) is 5.92 Å². The molecular formula is C39H46FN7. The summed E-state index contributed by atoms with van der Waals surface area (Å²) in [7, 11) is 4.12. The Morgan fingerprint density at radius 1 is 1.02 bits per heavy atom. The van der Waals surface area contributed by atoms with E-state index in [1.807, 2.05) is 25.5 Å². The number of nitrogens with one attached hydrogen (secondary N) is 3. The molecule has 5 aromatic rings. The van der Waals surface area contributed by atoms with Gasteiger partial charge in [0.25, 0.3) is 0 Å². The molecule has 0 spiro atoms. The summed E-state index contributed by atoms with van der Waals surface area (Å²) in [5.41, 5.74) is 10.6. The number of allylic oxidation sites excluding steroid dienone is 1. The van der Waals surface area contributed by atoms with Crippen LogP contribution in [0.4, 0.5) is 4.39 Å². The van der Waals surface area contributed by atoms with Crippen molar-refractivity contribution in [1.29, 1.82) is 0 Å². The molecule has 1 aliphatic rings. The van der Waals surface area contributed by atoms with Crippen LogP contribution in [0, 0.1) is 31.5 Å². The zero-order chi connectivity index (χ0) is 33.3. The van der Waals surface area contributed by atoms with Crippen LogP contribution in [0.15, 0.2) is 61.1 Å². The number of benzene rings is 1. The van der Waals surface area contributed by atoms with E-state index in [0.29, 0.717) is 5.65 Å². The molecule has 0 bridgehead atoms. The number of fused-ring (bicyclic) bond motifs is 1. The Balaban J connectivity index is 0.00000213. The Bertz CT molecular complexity index is 1840. The number of hydrogen-bond donors (Lipinski definition) is 3. The van der Waals surface area contributed by atoms with Crippen LogP contribution in [-0.4, -0.2) is 57.2 Å². The standard InChI is InChI=1S/C37H44FN7.C2H2/c1-5-32(28-13-26(15-31(38)16-28)11-8-12-45(3)4)33-18-35(42-24(33)2)36-34-17-30(23-41-37(34)44-43-36)29-14-27(21-40-22-29)20-39-19-25-9-6-7-10-25;1-2/h5,13-18,21-23,25,39,42H,6-12,19-20H2,1-4H3,(H,41,43,44);1-2H/b32-5-;. The second kappa shape index (κ2) is 15.8. The van der Waals surface area contributed by atoms with E-state index in [9.17, 15) is 4.39 Å². The van der Waals surface area contributed by atoms with Crippen LogP contribution in [0.2, 0.25) is 0 Å².